The van der Waals surface area contributed by atoms with Crippen LogP contribution in [0.15, 0.2) is 29.2 Å². The molecule has 7 heteroatoms. The van der Waals surface area contributed by atoms with Gasteiger partial charge >= 0.3 is 5.76 Å². The van der Waals surface area contributed by atoms with Crippen LogP contribution in [0.3, 0.4) is 0 Å². The molecule has 0 radical (unpaired) electrons. The maximum Gasteiger partial charge on any atom is 0.341 e. The molecule has 1 aromatic rings. The van der Waals surface area contributed by atoms with E-state index in [1.165, 1.54) is 24.3 Å². The third kappa shape index (κ3) is 3.89. The molecular weight excluding hydrogens is 286 g/mol. The van der Waals surface area contributed by atoms with Crippen molar-refractivity contribution in [2.75, 3.05) is 11.9 Å². The average Bonchev–Trinajstić information content (AvgIpc) is 2.45. The Hall–Kier alpha value is -1.21. The molecule has 1 rings (SSSR count). The van der Waals surface area contributed by atoms with Crippen LogP contribution in [0.4, 0.5) is 14.5 Å². The summed E-state index contributed by atoms with van der Waals surface area (Å²) < 4.78 is 47.3. The molecule has 0 fully saturated rings. The van der Waals surface area contributed by atoms with E-state index in [1.54, 1.807) is 0 Å². The molecule has 0 aliphatic heterocycles. The maximum atomic E-state index is 12.4. The van der Waals surface area contributed by atoms with Crippen LogP contribution in [0, 0.1) is 0 Å². The predicted octanol–water partition coefficient (Wildman–Crippen LogP) is 2.61. The Morgan fingerprint density at radius 2 is 1.70 bits per heavy atom. The molecule has 1 aromatic carbocycles. The molecule has 0 atom stereocenters. The van der Waals surface area contributed by atoms with Gasteiger partial charge in [-0.25, -0.2) is 8.42 Å². The normalized spacial score (nSPS) is 12.7. The van der Waals surface area contributed by atoms with Crippen molar-refractivity contribution >= 4 is 15.5 Å². The Bertz CT molecular complexity index is 526. The van der Waals surface area contributed by atoms with Gasteiger partial charge in [0.05, 0.1) is 4.90 Å². The van der Waals surface area contributed by atoms with E-state index in [9.17, 15) is 17.2 Å². The van der Waals surface area contributed by atoms with Gasteiger partial charge in [0.25, 0.3) is 0 Å². The van der Waals surface area contributed by atoms with Gasteiger partial charge in [0.2, 0.25) is 9.84 Å². The van der Waals surface area contributed by atoms with E-state index in [1.807, 2.05) is 13.8 Å². The lowest BCUT2D eigenvalue weighted by molar-refractivity contribution is 0.234. The molecule has 3 N–H and O–H groups in total. The van der Waals surface area contributed by atoms with E-state index in [-0.39, 0.29) is 10.4 Å². The van der Waals surface area contributed by atoms with Crippen molar-refractivity contribution in [3.63, 3.8) is 0 Å². The van der Waals surface area contributed by atoms with Crippen LogP contribution in [0.5, 0.6) is 0 Å². The van der Waals surface area contributed by atoms with Crippen LogP contribution in [0.1, 0.15) is 26.7 Å². The fourth-order valence-electron chi connectivity index (χ4n) is 1.64. The number of sulfone groups is 1. The Morgan fingerprint density at radius 3 is 2.10 bits per heavy atom. The summed E-state index contributed by atoms with van der Waals surface area (Å²) >= 11 is 0. The Morgan fingerprint density at radius 1 is 1.20 bits per heavy atom. The van der Waals surface area contributed by atoms with E-state index < -0.39 is 15.6 Å². The summed E-state index contributed by atoms with van der Waals surface area (Å²) in [6.45, 7) is 4.51. The topological polar surface area (TPSA) is 72.2 Å². The number of hydrogen-bond donors (Lipinski definition) is 2. The third-order valence-electron chi connectivity index (χ3n) is 3.47. The van der Waals surface area contributed by atoms with Crippen LogP contribution in [0.25, 0.3) is 0 Å². The second kappa shape index (κ2) is 6.49. The first-order valence-electron chi connectivity index (χ1n) is 6.40. The highest BCUT2D eigenvalue weighted by Gasteiger charge is 2.26. The van der Waals surface area contributed by atoms with Crippen LogP contribution < -0.4 is 11.1 Å². The van der Waals surface area contributed by atoms with Gasteiger partial charge in [-0.05, 0) is 37.1 Å². The molecule has 0 aromatic heterocycles. The van der Waals surface area contributed by atoms with Gasteiger partial charge in [-0.2, -0.15) is 8.78 Å². The highest BCUT2D eigenvalue weighted by molar-refractivity contribution is 7.91. The smallest absolute Gasteiger partial charge is 0.341 e. The van der Waals surface area contributed by atoms with Crippen molar-refractivity contribution in [2.45, 2.75) is 42.9 Å². The molecule has 114 valence electrons. The van der Waals surface area contributed by atoms with Gasteiger partial charge in [0, 0.05) is 17.8 Å². The maximum absolute atomic E-state index is 12.4. The van der Waals surface area contributed by atoms with E-state index in [0.717, 1.165) is 12.8 Å². The lowest BCUT2D eigenvalue weighted by Crippen LogP contribution is -2.45. The van der Waals surface area contributed by atoms with E-state index in [2.05, 4.69) is 5.32 Å². The number of nitrogens with two attached hydrogens (primary N) is 1. The minimum absolute atomic E-state index is 0.340. The monoisotopic (exact) mass is 306 g/mol. The zero-order chi connectivity index (χ0) is 15.4. The van der Waals surface area contributed by atoms with Crippen molar-refractivity contribution in [1.82, 2.24) is 0 Å². The molecular formula is C13H20F2N2O2S. The van der Waals surface area contributed by atoms with Crippen molar-refractivity contribution in [1.29, 1.82) is 0 Å². The molecule has 0 saturated heterocycles. The highest BCUT2D eigenvalue weighted by atomic mass is 32.2. The summed E-state index contributed by atoms with van der Waals surface area (Å²) in [6.07, 6.45) is 1.60. The molecule has 0 saturated carbocycles. The van der Waals surface area contributed by atoms with Crippen molar-refractivity contribution in [3.8, 4) is 0 Å². The standard InChI is InChI=1S/C13H20F2N2O2S/c1-3-13(16,4-2)9-17-10-5-7-11(8-6-10)20(18,19)12(14)15/h5-8,12,17H,3-4,9,16H2,1-2H3. The Labute approximate surface area is 118 Å². The van der Waals surface area contributed by atoms with Crippen molar-refractivity contribution in [3.05, 3.63) is 24.3 Å². The summed E-state index contributed by atoms with van der Waals surface area (Å²) in [6, 6.07) is 5.25. The average molecular weight is 306 g/mol. The summed E-state index contributed by atoms with van der Waals surface area (Å²) in [5.74, 6) is -3.40. The summed E-state index contributed by atoms with van der Waals surface area (Å²) in [7, 11) is -4.53. The zero-order valence-corrected chi connectivity index (χ0v) is 12.4. The highest BCUT2D eigenvalue weighted by Crippen LogP contribution is 2.21. The second-order valence-corrected chi connectivity index (χ2v) is 6.67. The molecule has 0 spiro atoms. The van der Waals surface area contributed by atoms with E-state index in [4.69, 9.17) is 5.73 Å². The molecule has 0 aliphatic rings. The molecule has 0 bridgehead atoms. The first-order chi connectivity index (χ1) is 9.25. The van der Waals surface area contributed by atoms with Gasteiger partial charge in [0.1, 0.15) is 0 Å². The lowest BCUT2D eigenvalue weighted by atomic mass is 9.94. The number of halogens is 2. The zero-order valence-electron chi connectivity index (χ0n) is 11.6. The van der Waals surface area contributed by atoms with E-state index >= 15 is 0 Å². The molecule has 20 heavy (non-hydrogen) atoms. The van der Waals surface area contributed by atoms with Gasteiger partial charge < -0.3 is 11.1 Å². The Balaban J connectivity index is 2.78. The molecule has 4 nitrogen and oxygen atoms in total. The predicted molar refractivity (Wildman–Crippen MR) is 75.6 cm³/mol. The van der Waals surface area contributed by atoms with Crippen LogP contribution >= 0.6 is 0 Å². The van der Waals surface area contributed by atoms with Gasteiger partial charge in [-0.3, -0.25) is 0 Å². The van der Waals surface area contributed by atoms with E-state index in [0.29, 0.717) is 12.2 Å². The molecule has 0 amide bonds. The lowest BCUT2D eigenvalue weighted by Gasteiger charge is -2.27. The molecule has 0 heterocycles. The number of rotatable bonds is 7. The summed E-state index contributed by atoms with van der Waals surface area (Å²) in [5.41, 5.74) is 6.43. The van der Waals surface area contributed by atoms with Gasteiger partial charge in [0.15, 0.2) is 0 Å². The molecule has 0 unspecified atom stereocenters. The number of anilines is 1. The SMILES string of the molecule is CCC(N)(CC)CNc1ccc(S(=O)(=O)C(F)F)cc1. The number of hydrogen-bond acceptors (Lipinski definition) is 4. The second-order valence-electron chi connectivity index (χ2n) is 4.75. The van der Waals surface area contributed by atoms with Crippen LogP contribution in [-0.2, 0) is 9.84 Å². The fourth-order valence-corrected chi connectivity index (χ4v) is 2.36. The quantitative estimate of drug-likeness (QED) is 0.812. The van der Waals surface area contributed by atoms with Gasteiger partial charge in [-0.1, -0.05) is 13.8 Å². The van der Waals surface area contributed by atoms with Gasteiger partial charge in [-0.15, -0.1) is 0 Å². The first kappa shape index (κ1) is 16.8. The summed E-state index contributed by atoms with van der Waals surface area (Å²) in [4.78, 5) is -0.386. The Kier molecular flexibility index (Phi) is 5.47. The van der Waals surface area contributed by atoms with Crippen LogP contribution in [-0.4, -0.2) is 26.3 Å². The fraction of sp³-hybridized carbons (Fsp3) is 0.538. The van der Waals surface area contributed by atoms with Crippen molar-refractivity contribution < 1.29 is 17.2 Å². The number of nitrogens with one attached hydrogen (secondary N) is 1. The first-order valence-corrected chi connectivity index (χ1v) is 7.94. The number of alkyl halides is 2. The largest absolute Gasteiger partial charge is 0.383 e. The third-order valence-corrected chi connectivity index (χ3v) is 4.87. The van der Waals surface area contributed by atoms with Crippen molar-refractivity contribution in [2.24, 2.45) is 5.73 Å². The van der Waals surface area contributed by atoms with Crippen LogP contribution in [0.2, 0.25) is 0 Å². The molecule has 0 aliphatic carbocycles. The summed E-state index contributed by atoms with van der Waals surface area (Å²) in [5, 5.41) is 3.09. The minimum Gasteiger partial charge on any atom is -0.383 e. The number of benzene rings is 1. The minimum atomic E-state index is -4.53.